The van der Waals surface area contributed by atoms with Crippen LogP contribution in [-0.2, 0) is 11.3 Å². The maximum Gasteiger partial charge on any atom is 0.361 e. The van der Waals surface area contributed by atoms with Crippen LogP contribution in [0, 0.1) is 4.91 Å². The number of nitrogens with zero attached hydrogens (tertiary/aromatic N) is 3. The molecule has 0 saturated carbocycles. The fraction of sp³-hybridized carbons (Fsp3) is 0.455. The molecule has 0 radical (unpaired) electrons. The molecule has 0 saturated heterocycles. The molecule has 0 unspecified atom stereocenters. The van der Waals surface area contributed by atoms with Crippen LogP contribution in [-0.4, -0.2) is 26.5 Å². The Balaban J connectivity index is 3.15. The lowest BCUT2D eigenvalue weighted by molar-refractivity contribution is 0.00630. The second-order valence-electron chi connectivity index (χ2n) is 4.58. The molecule has 18 heavy (non-hydrogen) atoms. The highest BCUT2D eigenvalue weighted by Gasteiger charge is 2.28. The molecule has 1 aromatic rings. The fourth-order valence-corrected chi connectivity index (χ4v) is 1.24. The van der Waals surface area contributed by atoms with E-state index in [4.69, 9.17) is 4.74 Å². The van der Waals surface area contributed by atoms with Crippen molar-refractivity contribution in [3.63, 3.8) is 0 Å². The average Bonchev–Trinajstić information content (AvgIpc) is 2.54. The number of ether oxygens (including phenoxy) is 1. The summed E-state index contributed by atoms with van der Waals surface area (Å²) in [5, 5.41) is 16.0. The second kappa shape index (κ2) is 4.99. The largest absolute Gasteiger partial charge is 0.492 e. The van der Waals surface area contributed by atoms with Crippen molar-refractivity contribution in [3.8, 4) is 5.88 Å². The van der Waals surface area contributed by atoms with Gasteiger partial charge in [-0.05, 0) is 25.9 Å². The maximum absolute atomic E-state index is 11.8. The highest BCUT2D eigenvalue weighted by atomic mass is 16.6. The van der Waals surface area contributed by atoms with E-state index in [1.807, 2.05) is 0 Å². The Kier molecular flexibility index (Phi) is 3.85. The van der Waals surface area contributed by atoms with Crippen LogP contribution in [0.2, 0.25) is 0 Å². The van der Waals surface area contributed by atoms with E-state index in [2.05, 4.69) is 16.9 Å². The van der Waals surface area contributed by atoms with Crippen LogP contribution < -0.4 is 0 Å². The van der Waals surface area contributed by atoms with Crippen molar-refractivity contribution >= 4 is 11.7 Å². The predicted octanol–water partition coefficient (Wildman–Crippen LogP) is 2.13. The molecule has 0 fully saturated rings. The topological polar surface area (TPSA) is 93.8 Å². The number of hydrogen-bond acceptors (Lipinski definition) is 6. The van der Waals surface area contributed by atoms with Crippen LogP contribution in [0.25, 0.3) is 0 Å². The molecule has 0 aromatic carbocycles. The highest BCUT2D eigenvalue weighted by molar-refractivity contribution is 5.94. The second-order valence-corrected chi connectivity index (χ2v) is 4.58. The molecular formula is C11H15N3O4. The van der Waals surface area contributed by atoms with E-state index in [1.165, 1.54) is 6.08 Å². The fourth-order valence-electron chi connectivity index (χ4n) is 1.24. The number of carbonyl (C=O) groups excluding carboxylic acids is 1. The van der Waals surface area contributed by atoms with Gasteiger partial charge in [0, 0.05) is 0 Å². The van der Waals surface area contributed by atoms with E-state index >= 15 is 0 Å². The Morgan fingerprint density at radius 1 is 1.61 bits per heavy atom. The molecule has 1 aromatic heterocycles. The Bertz CT molecular complexity index is 485. The van der Waals surface area contributed by atoms with Gasteiger partial charge in [0.1, 0.15) is 5.60 Å². The predicted molar refractivity (Wildman–Crippen MR) is 64.7 cm³/mol. The molecule has 1 rings (SSSR count). The molecule has 98 valence electrons. The molecule has 0 aliphatic rings. The summed E-state index contributed by atoms with van der Waals surface area (Å²) in [5.41, 5.74) is -1.46. The van der Waals surface area contributed by atoms with Crippen LogP contribution in [0.3, 0.4) is 0 Å². The van der Waals surface area contributed by atoms with Crippen LogP contribution >= 0.6 is 0 Å². The van der Waals surface area contributed by atoms with Crippen molar-refractivity contribution in [2.75, 3.05) is 0 Å². The number of nitroso groups, excluding NO2 is 1. The van der Waals surface area contributed by atoms with Crippen LogP contribution in [0.15, 0.2) is 17.8 Å². The molecule has 0 aliphatic carbocycles. The average molecular weight is 253 g/mol. The lowest BCUT2D eigenvalue weighted by Gasteiger charge is -2.18. The third kappa shape index (κ3) is 2.93. The normalized spacial score (nSPS) is 11.1. The molecular weight excluding hydrogens is 238 g/mol. The lowest BCUT2D eigenvalue weighted by Crippen LogP contribution is -2.24. The quantitative estimate of drug-likeness (QED) is 0.504. The Morgan fingerprint density at radius 3 is 2.67 bits per heavy atom. The van der Waals surface area contributed by atoms with Gasteiger partial charge in [-0.2, -0.15) is 5.10 Å². The number of rotatable bonds is 4. The summed E-state index contributed by atoms with van der Waals surface area (Å²) in [4.78, 5) is 22.4. The molecule has 0 amide bonds. The standard InChI is InChI=1S/C11H15N3O4/c1-5-6-14-9(15)7(13-17)8(12-14)10(16)18-11(2,3)4/h5,15H,1,6H2,2-4H3. The van der Waals surface area contributed by atoms with E-state index in [9.17, 15) is 14.8 Å². The Hall–Kier alpha value is -2.18. The van der Waals surface area contributed by atoms with Crippen molar-refractivity contribution in [3.05, 3.63) is 23.3 Å². The number of aromatic hydroxyl groups is 1. The van der Waals surface area contributed by atoms with E-state index in [1.54, 1.807) is 20.8 Å². The van der Waals surface area contributed by atoms with Gasteiger partial charge >= 0.3 is 5.97 Å². The first-order chi connectivity index (χ1) is 8.30. The van der Waals surface area contributed by atoms with Crippen LogP contribution in [0.4, 0.5) is 5.69 Å². The molecule has 0 spiro atoms. The van der Waals surface area contributed by atoms with Gasteiger partial charge in [0.05, 0.1) is 6.54 Å². The van der Waals surface area contributed by atoms with Crippen molar-refractivity contribution in [2.24, 2.45) is 5.18 Å². The summed E-state index contributed by atoms with van der Waals surface area (Å²) in [6.45, 7) is 8.66. The van der Waals surface area contributed by atoms with Crippen LogP contribution in [0.5, 0.6) is 5.88 Å². The Labute approximate surface area is 104 Å². The highest BCUT2D eigenvalue weighted by Crippen LogP contribution is 2.31. The molecule has 0 bridgehead atoms. The summed E-state index contributed by atoms with van der Waals surface area (Å²) >= 11 is 0. The van der Waals surface area contributed by atoms with Crippen molar-refractivity contribution in [1.29, 1.82) is 0 Å². The van der Waals surface area contributed by atoms with Gasteiger partial charge in [-0.3, -0.25) is 0 Å². The molecule has 0 atom stereocenters. The van der Waals surface area contributed by atoms with Crippen molar-refractivity contribution in [2.45, 2.75) is 32.9 Å². The first-order valence-electron chi connectivity index (χ1n) is 5.27. The third-order valence-corrected chi connectivity index (χ3v) is 1.89. The number of carbonyl (C=O) groups is 1. The molecule has 7 nitrogen and oxygen atoms in total. The monoisotopic (exact) mass is 253 g/mol. The third-order valence-electron chi connectivity index (χ3n) is 1.89. The molecule has 7 heteroatoms. The summed E-state index contributed by atoms with van der Waals surface area (Å²) in [5.74, 6) is -1.29. The van der Waals surface area contributed by atoms with E-state index in [0.29, 0.717) is 0 Å². The SMILES string of the molecule is C=CCn1nc(C(=O)OC(C)(C)C)c(N=O)c1O. The van der Waals surface area contributed by atoms with Crippen molar-refractivity contribution < 1.29 is 14.6 Å². The summed E-state index contributed by atoms with van der Waals surface area (Å²) < 4.78 is 6.11. The van der Waals surface area contributed by atoms with Crippen molar-refractivity contribution in [1.82, 2.24) is 9.78 Å². The zero-order chi connectivity index (χ0) is 13.9. The zero-order valence-electron chi connectivity index (χ0n) is 10.5. The summed E-state index contributed by atoms with van der Waals surface area (Å²) in [6.07, 6.45) is 1.46. The summed E-state index contributed by atoms with van der Waals surface area (Å²) in [7, 11) is 0. The number of aromatic nitrogens is 2. The van der Waals surface area contributed by atoms with Gasteiger partial charge < -0.3 is 9.84 Å². The first kappa shape index (κ1) is 13.9. The molecule has 1 N–H and O–H groups in total. The lowest BCUT2D eigenvalue weighted by atomic mass is 10.2. The van der Waals surface area contributed by atoms with Gasteiger partial charge in [-0.25, -0.2) is 9.48 Å². The maximum atomic E-state index is 11.8. The number of hydrogen-bond donors (Lipinski definition) is 1. The van der Waals surface area contributed by atoms with E-state index in [-0.39, 0.29) is 12.2 Å². The van der Waals surface area contributed by atoms with Gasteiger partial charge in [0.25, 0.3) is 0 Å². The van der Waals surface area contributed by atoms with Gasteiger partial charge in [-0.1, -0.05) is 6.08 Å². The van der Waals surface area contributed by atoms with E-state index < -0.39 is 23.1 Å². The van der Waals surface area contributed by atoms with Gasteiger partial charge in [0.15, 0.2) is 0 Å². The van der Waals surface area contributed by atoms with Crippen LogP contribution in [0.1, 0.15) is 31.3 Å². The number of esters is 1. The summed E-state index contributed by atoms with van der Waals surface area (Å²) in [6, 6.07) is 0. The first-order valence-corrected chi connectivity index (χ1v) is 5.27. The minimum absolute atomic E-state index is 0.150. The molecule has 0 aliphatic heterocycles. The smallest absolute Gasteiger partial charge is 0.361 e. The molecule has 1 heterocycles. The minimum atomic E-state index is -0.810. The minimum Gasteiger partial charge on any atom is -0.492 e. The Morgan fingerprint density at radius 2 is 2.22 bits per heavy atom. The van der Waals surface area contributed by atoms with E-state index in [0.717, 1.165) is 4.68 Å². The van der Waals surface area contributed by atoms with Gasteiger partial charge in [0.2, 0.25) is 17.3 Å². The van der Waals surface area contributed by atoms with Gasteiger partial charge in [-0.15, -0.1) is 11.5 Å². The number of allylic oxidation sites excluding steroid dienone is 1. The zero-order valence-corrected chi connectivity index (χ0v) is 10.5.